The number of nitrogens with two attached hydrogens (primary N) is 1. The quantitative estimate of drug-likeness (QED) is 0.545. The van der Waals surface area contributed by atoms with Crippen molar-refractivity contribution in [1.29, 1.82) is 0 Å². The van der Waals surface area contributed by atoms with Crippen LogP contribution in [0.3, 0.4) is 0 Å². The number of benzene rings is 3. The lowest BCUT2D eigenvalue weighted by molar-refractivity contribution is 0.0980. The van der Waals surface area contributed by atoms with Crippen LogP contribution in [0.5, 0.6) is 0 Å². The molecule has 5 nitrogen and oxygen atoms in total. The van der Waals surface area contributed by atoms with Gasteiger partial charge in [-0.15, -0.1) is 0 Å². The molecule has 0 amide bonds. The zero-order valence-electron chi connectivity index (χ0n) is 15.1. The number of nitrogens with zero attached hydrogens (tertiary/aromatic N) is 1. The van der Waals surface area contributed by atoms with Gasteiger partial charge in [-0.05, 0) is 36.4 Å². The molecule has 1 aliphatic carbocycles. The topological polar surface area (TPSA) is 75.4 Å². The van der Waals surface area contributed by atoms with Gasteiger partial charge in [0.2, 0.25) is 0 Å². The van der Waals surface area contributed by atoms with Crippen LogP contribution in [0.4, 0.5) is 22.7 Å². The van der Waals surface area contributed by atoms with Crippen LogP contribution in [0, 0.1) is 0 Å². The highest BCUT2D eigenvalue weighted by Gasteiger charge is 2.33. The number of hydrogen-bond acceptors (Lipinski definition) is 5. The van der Waals surface area contributed by atoms with Crippen LogP contribution in [-0.2, 0) is 0 Å². The second-order valence-corrected chi connectivity index (χ2v) is 6.72. The van der Waals surface area contributed by atoms with E-state index in [0.29, 0.717) is 28.1 Å². The number of ketones is 2. The number of anilines is 4. The third-order valence-electron chi connectivity index (χ3n) is 4.77. The SMILES string of the molecule is CN(C)c1ccc(Nc2ccc(N)c3c2C(=O)c2ccccc2C3=O)cc1. The Morgan fingerprint density at radius 3 is 1.96 bits per heavy atom. The average molecular weight is 357 g/mol. The Morgan fingerprint density at radius 1 is 0.778 bits per heavy atom. The molecule has 4 rings (SSSR count). The first-order valence-corrected chi connectivity index (χ1v) is 8.62. The van der Waals surface area contributed by atoms with Crippen molar-refractivity contribution in [3.63, 3.8) is 0 Å². The molecule has 0 heterocycles. The lowest BCUT2D eigenvalue weighted by Crippen LogP contribution is -2.23. The molecule has 134 valence electrons. The van der Waals surface area contributed by atoms with Crippen LogP contribution in [0.2, 0.25) is 0 Å². The summed E-state index contributed by atoms with van der Waals surface area (Å²) in [6.07, 6.45) is 0. The van der Waals surface area contributed by atoms with Gasteiger partial charge in [-0.2, -0.15) is 0 Å². The molecule has 0 atom stereocenters. The first-order valence-electron chi connectivity index (χ1n) is 8.62. The van der Waals surface area contributed by atoms with Gasteiger partial charge in [0.25, 0.3) is 0 Å². The highest BCUT2D eigenvalue weighted by atomic mass is 16.1. The van der Waals surface area contributed by atoms with E-state index in [9.17, 15) is 9.59 Å². The van der Waals surface area contributed by atoms with Gasteiger partial charge in [0.05, 0.1) is 16.8 Å². The normalized spacial score (nSPS) is 12.4. The molecule has 0 aromatic heterocycles. The molecule has 1 aliphatic rings. The summed E-state index contributed by atoms with van der Waals surface area (Å²) in [5.41, 5.74) is 10.2. The molecule has 5 heteroatoms. The monoisotopic (exact) mass is 357 g/mol. The molecule has 3 N–H and O–H groups in total. The summed E-state index contributed by atoms with van der Waals surface area (Å²) in [7, 11) is 3.95. The summed E-state index contributed by atoms with van der Waals surface area (Å²) in [5, 5.41) is 3.26. The van der Waals surface area contributed by atoms with E-state index in [2.05, 4.69) is 5.32 Å². The van der Waals surface area contributed by atoms with E-state index in [-0.39, 0.29) is 17.1 Å². The van der Waals surface area contributed by atoms with Gasteiger partial charge < -0.3 is 16.0 Å². The fraction of sp³-hybridized carbons (Fsp3) is 0.0909. The van der Waals surface area contributed by atoms with E-state index in [1.165, 1.54) is 0 Å². The molecule has 0 aliphatic heterocycles. The maximum Gasteiger partial charge on any atom is 0.196 e. The Kier molecular flexibility index (Phi) is 3.92. The fourth-order valence-electron chi connectivity index (χ4n) is 3.35. The van der Waals surface area contributed by atoms with E-state index in [0.717, 1.165) is 11.4 Å². The van der Waals surface area contributed by atoms with E-state index in [1.807, 2.05) is 43.3 Å². The standard InChI is InChI=1S/C22H19N3O2/c1-25(2)14-9-7-13(8-10-14)24-18-12-11-17(23)19-20(18)22(27)16-6-4-3-5-15(16)21(19)26/h3-12,24H,23H2,1-2H3. The summed E-state index contributed by atoms with van der Waals surface area (Å²) in [6, 6.07) is 18.1. The molecule has 3 aromatic carbocycles. The summed E-state index contributed by atoms with van der Waals surface area (Å²) in [5.74, 6) is -0.413. The number of carbonyl (C=O) groups excluding carboxylic acids is 2. The van der Waals surface area contributed by atoms with Crippen LogP contribution in [0.1, 0.15) is 31.8 Å². The Labute approximate surface area is 157 Å². The first kappa shape index (κ1) is 16.8. The number of hydrogen-bond donors (Lipinski definition) is 2. The highest BCUT2D eigenvalue weighted by Crippen LogP contribution is 2.36. The molecule has 0 saturated heterocycles. The minimum absolute atomic E-state index is 0.195. The van der Waals surface area contributed by atoms with E-state index in [4.69, 9.17) is 5.73 Å². The number of carbonyl (C=O) groups is 2. The molecular formula is C22H19N3O2. The van der Waals surface area contributed by atoms with Crippen LogP contribution >= 0.6 is 0 Å². The van der Waals surface area contributed by atoms with Crippen molar-refractivity contribution in [1.82, 2.24) is 0 Å². The second-order valence-electron chi connectivity index (χ2n) is 6.72. The van der Waals surface area contributed by atoms with Crippen LogP contribution in [-0.4, -0.2) is 25.7 Å². The molecule has 0 bridgehead atoms. The fourth-order valence-corrected chi connectivity index (χ4v) is 3.35. The first-order chi connectivity index (χ1) is 13.0. The van der Waals surface area contributed by atoms with E-state index < -0.39 is 0 Å². The van der Waals surface area contributed by atoms with Crippen molar-refractivity contribution in [2.24, 2.45) is 0 Å². The third kappa shape index (κ3) is 2.73. The summed E-state index contributed by atoms with van der Waals surface area (Å²) < 4.78 is 0. The average Bonchev–Trinajstić information content (AvgIpc) is 2.68. The largest absolute Gasteiger partial charge is 0.398 e. The van der Waals surface area contributed by atoms with Gasteiger partial charge >= 0.3 is 0 Å². The second kappa shape index (κ2) is 6.29. The lowest BCUT2D eigenvalue weighted by atomic mass is 9.82. The predicted octanol–water partition coefficient (Wildman–Crippen LogP) is 3.85. The Bertz CT molecular complexity index is 1070. The van der Waals surface area contributed by atoms with Crippen LogP contribution in [0.25, 0.3) is 0 Å². The maximum atomic E-state index is 13.1. The van der Waals surface area contributed by atoms with Gasteiger partial charge in [0, 0.05) is 42.3 Å². The summed E-state index contributed by atoms with van der Waals surface area (Å²) in [6.45, 7) is 0. The third-order valence-corrected chi connectivity index (χ3v) is 4.77. The van der Waals surface area contributed by atoms with Crippen molar-refractivity contribution < 1.29 is 9.59 Å². The number of nitrogens with one attached hydrogen (secondary N) is 1. The molecule has 0 spiro atoms. The minimum atomic E-state index is -0.218. The van der Waals surface area contributed by atoms with Crippen molar-refractivity contribution in [2.75, 3.05) is 30.0 Å². The van der Waals surface area contributed by atoms with Crippen LogP contribution < -0.4 is 16.0 Å². The molecule has 0 fully saturated rings. The van der Waals surface area contributed by atoms with Crippen LogP contribution in [0.15, 0.2) is 60.7 Å². The zero-order chi connectivity index (χ0) is 19.1. The molecule has 3 aromatic rings. The molecule has 27 heavy (non-hydrogen) atoms. The van der Waals surface area contributed by atoms with E-state index >= 15 is 0 Å². The highest BCUT2D eigenvalue weighted by molar-refractivity contribution is 6.31. The Hall–Kier alpha value is -3.60. The van der Waals surface area contributed by atoms with Crippen molar-refractivity contribution in [2.45, 2.75) is 0 Å². The van der Waals surface area contributed by atoms with Gasteiger partial charge in [-0.25, -0.2) is 0 Å². The molecular weight excluding hydrogens is 338 g/mol. The minimum Gasteiger partial charge on any atom is -0.398 e. The van der Waals surface area contributed by atoms with Gasteiger partial charge in [-0.1, -0.05) is 24.3 Å². The number of fused-ring (bicyclic) bond motifs is 2. The number of rotatable bonds is 3. The molecule has 0 saturated carbocycles. The van der Waals surface area contributed by atoms with E-state index in [1.54, 1.807) is 36.4 Å². The molecule has 0 radical (unpaired) electrons. The number of nitrogen functional groups attached to an aromatic ring is 1. The van der Waals surface area contributed by atoms with Gasteiger partial charge in [0.15, 0.2) is 11.6 Å². The van der Waals surface area contributed by atoms with Crippen molar-refractivity contribution >= 4 is 34.3 Å². The maximum absolute atomic E-state index is 13.1. The predicted molar refractivity (Wildman–Crippen MR) is 108 cm³/mol. The summed E-state index contributed by atoms with van der Waals surface area (Å²) >= 11 is 0. The smallest absolute Gasteiger partial charge is 0.196 e. The lowest BCUT2D eigenvalue weighted by Gasteiger charge is -2.22. The van der Waals surface area contributed by atoms with Crippen molar-refractivity contribution in [3.05, 3.63) is 82.9 Å². The van der Waals surface area contributed by atoms with Crippen molar-refractivity contribution in [3.8, 4) is 0 Å². The summed E-state index contributed by atoms with van der Waals surface area (Å²) in [4.78, 5) is 28.0. The Morgan fingerprint density at radius 2 is 1.37 bits per heavy atom. The van der Waals surface area contributed by atoms with Gasteiger partial charge in [-0.3, -0.25) is 9.59 Å². The zero-order valence-corrected chi connectivity index (χ0v) is 15.1. The Balaban J connectivity index is 1.80. The molecule has 0 unspecified atom stereocenters. The van der Waals surface area contributed by atoms with Gasteiger partial charge in [0.1, 0.15) is 0 Å².